The Morgan fingerprint density at radius 3 is 2.70 bits per heavy atom. The second-order valence-corrected chi connectivity index (χ2v) is 10.9. The Balaban J connectivity index is 1.69. The number of amides is 2. The number of thioether (sulfide) groups is 1. The van der Waals surface area contributed by atoms with Crippen molar-refractivity contribution in [3.8, 4) is 0 Å². The molecule has 0 aliphatic carbocycles. The van der Waals surface area contributed by atoms with Gasteiger partial charge in [0.05, 0.1) is 23.2 Å². The molecule has 182 valence electrons. The zero-order chi connectivity index (χ0) is 23.4. The standard InChI is InChI=1S/C25H36N2O5S/c1-2-3-6-13-26-14-10-12-25-20(19-18(33-25)11-5-9-17-32-24(19)31)22(29)27(21(25)23(26)30)15-7-4-8-16-28/h5,10-12,18-21,28H,2-4,6-9,13-17H2,1H3/t18-,19+,20-,21?,25-/m0/s1. The Kier molecular flexibility index (Phi) is 7.84. The van der Waals surface area contributed by atoms with E-state index < -0.39 is 22.6 Å². The lowest BCUT2D eigenvalue weighted by atomic mass is 9.78. The molecule has 0 aromatic heterocycles. The van der Waals surface area contributed by atoms with Crippen LogP contribution < -0.4 is 0 Å². The summed E-state index contributed by atoms with van der Waals surface area (Å²) < 4.78 is 4.74. The summed E-state index contributed by atoms with van der Waals surface area (Å²) in [4.78, 5) is 44.5. The molecular weight excluding hydrogens is 440 g/mol. The van der Waals surface area contributed by atoms with Crippen LogP contribution in [-0.2, 0) is 19.1 Å². The van der Waals surface area contributed by atoms with E-state index in [0.29, 0.717) is 39.1 Å². The fourth-order valence-corrected chi connectivity index (χ4v) is 7.72. The third-order valence-electron chi connectivity index (χ3n) is 7.29. The van der Waals surface area contributed by atoms with Crippen molar-refractivity contribution >= 4 is 29.5 Å². The summed E-state index contributed by atoms with van der Waals surface area (Å²) in [5.74, 6) is -1.61. The number of nitrogens with zero attached hydrogens (tertiary/aromatic N) is 2. The molecule has 7 nitrogen and oxygen atoms in total. The van der Waals surface area contributed by atoms with Gasteiger partial charge in [-0.15, -0.1) is 11.8 Å². The average Bonchev–Trinajstić information content (AvgIpc) is 3.17. The molecule has 4 rings (SSSR count). The Morgan fingerprint density at radius 1 is 1.09 bits per heavy atom. The highest BCUT2D eigenvalue weighted by Gasteiger charge is 2.70. The molecule has 0 aromatic carbocycles. The average molecular weight is 477 g/mol. The zero-order valence-corrected chi connectivity index (χ0v) is 20.3. The minimum absolute atomic E-state index is 0.00627. The van der Waals surface area contributed by atoms with E-state index in [9.17, 15) is 14.4 Å². The first kappa shape index (κ1) is 24.3. The quantitative estimate of drug-likeness (QED) is 0.313. The molecule has 4 aliphatic rings. The number of rotatable bonds is 9. The lowest BCUT2D eigenvalue weighted by Crippen LogP contribution is -2.53. The number of esters is 1. The van der Waals surface area contributed by atoms with Crippen LogP contribution in [0.5, 0.6) is 0 Å². The number of aliphatic hydroxyl groups is 1. The van der Waals surface area contributed by atoms with Gasteiger partial charge in [0.2, 0.25) is 11.8 Å². The molecule has 2 saturated heterocycles. The Morgan fingerprint density at radius 2 is 1.91 bits per heavy atom. The highest BCUT2D eigenvalue weighted by atomic mass is 32.2. The summed E-state index contributed by atoms with van der Waals surface area (Å²) in [6.07, 6.45) is 14.1. The van der Waals surface area contributed by atoms with Crippen LogP contribution in [0.3, 0.4) is 0 Å². The van der Waals surface area contributed by atoms with Gasteiger partial charge >= 0.3 is 5.97 Å². The number of aliphatic hydroxyl groups excluding tert-OH is 1. The predicted molar refractivity (Wildman–Crippen MR) is 127 cm³/mol. The highest BCUT2D eigenvalue weighted by Crippen LogP contribution is 2.60. The Bertz CT molecular complexity index is 815. The molecular formula is C25H36N2O5S. The van der Waals surface area contributed by atoms with Gasteiger partial charge in [-0.25, -0.2) is 0 Å². The van der Waals surface area contributed by atoms with Gasteiger partial charge in [-0.3, -0.25) is 14.4 Å². The molecule has 0 saturated carbocycles. The first-order valence-electron chi connectivity index (χ1n) is 12.4. The van der Waals surface area contributed by atoms with E-state index >= 15 is 0 Å². The van der Waals surface area contributed by atoms with Gasteiger partial charge in [-0.1, -0.05) is 44.1 Å². The van der Waals surface area contributed by atoms with E-state index in [-0.39, 0.29) is 29.6 Å². The number of unbranched alkanes of at least 4 members (excludes halogenated alkanes) is 4. The molecule has 1 N–H and O–H groups in total. The van der Waals surface area contributed by atoms with Gasteiger partial charge in [-0.2, -0.15) is 0 Å². The monoisotopic (exact) mass is 476 g/mol. The van der Waals surface area contributed by atoms with Crippen LogP contribution in [0.1, 0.15) is 51.9 Å². The van der Waals surface area contributed by atoms with Crippen LogP contribution in [0, 0.1) is 11.8 Å². The molecule has 2 fully saturated rings. The third-order valence-corrected chi connectivity index (χ3v) is 9.04. The number of hydrogen-bond donors (Lipinski definition) is 1. The van der Waals surface area contributed by atoms with E-state index in [0.717, 1.165) is 32.1 Å². The van der Waals surface area contributed by atoms with E-state index in [1.807, 2.05) is 23.1 Å². The van der Waals surface area contributed by atoms with Crippen molar-refractivity contribution in [2.75, 3.05) is 32.8 Å². The van der Waals surface area contributed by atoms with Crippen LogP contribution in [0.4, 0.5) is 0 Å². The molecule has 4 heterocycles. The fourth-order valence-electron chi connectivity index (χ4n) is 5.72. The second kappa shape index (κ2) is 10.6. The van der Waals surface area contributed by atoms with Crippen LogP contribution >= 0.6 is 11.8 Å². The van der Waals surface area contributed by atoms with Crippen LogP contribution in [0.25, 0.3) is 0 Å². The van der Waals surface area contributed by atoms with Gasteiger partial charge in [0.25, 0.3) is 0 Å². The largest absolute Gasteiger partial charge is 0.465 e. The molecule has 4 aliphatic heterocycles. The summed E-state index contributed by atoms with van der Waals surface area (Å²) >= 11 is 1.60. The van der Waals surface area contributed by atoms with Crippen molar-refractivity contribution in [3.05, 3.63) is 24.3 Å². The normalized spacial score (nSPS) is 33.3. The topological polar surface area (TPSA) is 87.2 Å². The maximum absolute atomic E-state index is 13.9. The minimum atomic E-state index is -0.756. The number of carbonyl (C=O) groups excluding carboxylic acids is 3. The first-order valence-corrected chi connectivity index (χ1v) is 13.3. The zero-order valence-electron chi connectivity index (χ0n) is 19.5. The molecule has 2 amide bonds. The van der Waals surface area contributed by atoms with E-state index in [4.69, 9.17) is 9.84 Å². The summed E-state index contributed by atoms with van der Waals surface area (Å²) in [5, 5.41) is 8.97. The second-order valence-electron chi connectivity index (χ2n) is 9.44. The first-order chi connectivity index (χ1) is 16.0. The number of fused-ring (bicyclic) bond motifs is 2. The molecule has 5 atom stereocenters. The van der Waals surface area contributed by atoms with Crippen molar-refractivity contribution in [2.24, 2.45) is 11.8 Å². The number of likely N-dealkylation sites (tertiary alicyclic amines) is 1. The predicted octanol–water partition coefficient (Wildman–Crippen LogP) is 2.54. The molecule has 1 spiro atoms. The van der Waals surface area contributed by atoms with Crippen molar-refractivity contribution in [1.82, 2.24) is 9.80 Å². The van der Waals surface area contributed by atoms with Crippen LogP contribution in [-0.4, -0.2) is 81.6 Å². The Labute approximate surface area is 200 Å². The fraction of sp³-hybridized carbons (Fsp3) is 0.720. The van der Waals surface area contributed by atoms with Crippen molar-refractivity contribution in [1.29, 1.82) is 0 Å². The van der Waals surface area contributed by atoms with Crippen molar-refractivity contribution < 1.29 is 24.2 Å². The molecule has 0 bridgehead atoms. The summed E-state index contributed by atoms with van der Waals surface area (Å²) in [6.45, 7) is 4.27. The van der Waals surface area contributed by atoms with Crippen LogP contribution in [0.2, 0.25) is 0 Å². The van der Waals surface area contributed by atoms with Gasteiger partial charge in [0.15, 0.2) is 0 Å². The van der Waals surface area contributed by atoms with Gasteiger partial charge in [0, 0.05) is 31.5 Å². The minimum Gasteiger partial charge on any atom is -0.465 e. The summed E-state index contributed by atoms with van der Waals surface area (Å²) in [6, 6.07) is -0.607. The van der Waals surface area contributed by atoms with Crippen LogP contribution in [0.15, 0.2) is 24.3 Å². The maximum Gasteiger partial charge on any atom is 0.311 e. The smallest absolute Gasteiger partial charge is 0.311 e. The molecule has 33 heavy (non-hydrogen) atoms. The highest BCUT2D eigenvalue weighted by molar-refractivity contribution is 8.02. The number of ether oxygens (including phenoxy) is 1. The third kappa shape index (κ3) is 4.48. The van der Waals surface area contributed by atoms with Crippen molar-refractivity contribution in [3.63, 3.8) is 0 Å². The molecule has 0 aromatic rings. The SMILES string of the molecule is CCCCCN1CC=C[C@]23S[C@H]4C=CCCOC(=O)[C@H]4[C@H]2C(=O)N(CCCCCO)C3C1=O. The van der Waals surface area contributed by atoms with Gasteiger partial charge < -0.3 is 19.6 Å². The van der Waals surface area contributed by atoms with Crippen molar-refractivity contribution in [2.45, 2.75) is 67.9 Å². The maximum atomic E-state index is 13.9. The van der Waals surface area contributed by atoms with E-state index in [2.05, 4.69) is 13.0 Å². The van der Waals surface area contributed by atoms with Gasteiger partial charge in [-0.05, 0) is 32.1 Å². The summed E-state index contributed by atoms with van der Waals surface area (Å²) in [5.41, 5.74) is 0. The number of hydrogen-bond acceptors (Lipinski definition) is 6. The molecule has 1 unspecified atom stereocenters. The lowest BCUT2D eigenvalue weighted by molar-refractivity contribution is -0.153. The molecule has 8 heteroatoms. The van der Waals surface area contributed by atoms with Gasteiger partial charge in [0.1, 0.15) is 6.04 Å². The summed E-state index contributed by atoms with van der Waals surface area (Å²) in [7, 11) is 0. The molecule has 0 radical (unpaired) electrons. The Hall–Kier alpha value is -1.80. The number of carbonyl (C=O) groups is 3. The van der Waals surface area contributed by atoms with E-state index in [1.165, 1.54) is 0 Å². The lowest BCUT2D eigenvalue weighted by Gasteiger charge is -2.35. The van der Waals surface area contributed by atoms with E-state index in [1.54, 1.807) is 16.7 Å². The number of cyclic esters (lactones) is 1.